The zero-order valence-electron chi connectivity index (χ0n) is 10.6. The van der Waals surface area contributed by atoms with Crippen molar-refractivity contribution in [1.29, 1.82) is 0 Å². The molecule has 2 aromatic rings. The van der Waals surface area contributed by atoms with Crippen molar-refractivity contribution in [2.75, 3.05) is 6.61 Å². The highest BCUT2D eigenvalue weighted by Crippen LogP contribution is 2.09. The summed E-state index contributed by atoms with van der Waals surface area (Å²) >= 11 is 0. The first kappa shape index (κ1) is 13.1. The first-order chi connectivity index (χ1) is 9.28. The Morgan fingerprint density at radius 1 is 1.32 bits per heavy atom. The number of carbonyl (C=O) groups excluding carboxylic acids is 1. The molecule has 1 aromatic heterocycles. The molecule has 0 aliphatic heterocycles. The second kappa shape index (κ2) is 6.53. The van der Waals surface area contributed by atoms with Crippen molar-refractivity contribution in [2.24, 2.45) is 0 Å². The van der Waals surface area contributed by atoms with E-state index in [1.54, 1.807) is 6.92 Å². The van der Waals surface area contributed by atoms with Crippen LogP contribution < -0.4 is 4.74 Å². The lowest BCUT2D eigenvalue weighted by Gasteiger charge is -2.02. The van der Waals surface area contributed by atoms with Gasteiger partial charge in [0.25, 0.3) is 0 Å². The number of aromatic nitrogens is 3. The minimum absolute atomic E-state index is 0.0652. The zero-order valence-corrected chi connectivity index (χ0v) is 10.6. The zero-order chi connectivity index (χ0) is 13.5. The third-order valence-electron chi connectivity index (χ3n) is 2.30. The van der Waals surface area contributed by atoms with Crippen LogP contribution in [0.1, 0.15) is 18.6 Å². The Hall–Kier alpha value is -2.37. The number of esters is 1. The number of hydrogen-bond acceptors (Lipinski definition) is 5. The minimum atomic E-state index is -0.336. The maximum atomic E-state index is 11.3. The highest BCUT2D eigenvalue weighted by molar-refractivity contribution is 5.71. The fourth-order valence-electron chi connectivity index (χ4n) is 1.49. The molecule has 0 unspecified atom stereocenters. The van der Waals surface area contributed by atoms with Gasteiger partial charge in [-0.2, -0.15) is 5.10 Å². The van der Waals surface area contributed by atoms with E-state index in [0.717, 1.165) is 5.75 Å². The monoisotopic (exact) mass is 261 g/mol. The van der Waals surface area contributed by atoms with Crippen LogP contribution in [0, 0.1) is 0 Å². The molecule has 2 rings (SSSR count). The third kappa shape index (κ3) is 4.09. The molecule has 0 aliphatic carbocycles. The molecular weight excluding hydrogens is 246 g/mol. The number of nitrogens with zero attached hydrogens (tertiary/aromatic N) is 2. The number of carbonyl (C=O) groups is 1. The number of nitrogens with one attached hydrogen (secondary N) is 1. The Kier molecular flexibility index (Phi) is 4.49. The summed E-state index contributed by atoms with van der Waals surface area (Å²) in [6.07, 6.45) is 0.0652. The average Bonchev–Trinajstić information content (AvgIpc) is 2.85. The van der Waals surface area contributed by atoms with E-state index in [-0.39, 0.29) is 19.0 Å². The topological polar surface area (TPSA) is 77.1 Å². The molecule has 19 heavy (non-hydrogen) atoms. The lowest BCUT2D eigenvalue weighted by atomic mass is 10.3. The molecule has 0 atom stereocenters. The molecule has 0 radical (unpaired) electrons. The number of H-pyrrole nitrogens is 1. The molecule has 0 spiro atoms. The molecule has 6 nitrogen and oxygen atoms in total. The van der Waals surface area contributed by atoms with Crippen LogP contribution in [0.15, 0.2) is 30.3 Å². The lowest BCUT2D eigenvalue weighted by Crippen LogP contribution is -2.08. The number of rotatable bonds is 6. The van der Waals surface area contributed by atoms with Gasteiger partial charge in [0.2, 0.25) is 0 Å². The van der Waals surface area contributed by atoms with Gasteiger partial charge in [-0.1, -0.05) is 18.2 Å². The average molecular weight is 261 g/mol. The molecule has 6 heteroatoms. The first-order valence-corrected chi connectivity index (χ1v) is 6.01. The van der Waals surface area contributed by atoms with E-state index in [1.807, 2.05) is 30.3 Å². The smallest absolute Gasteiger partial charge is 0.313 e. The largest absolute Gasteiger partial charge is 0.486 e. The number of benzene rings is 1. The molecule has 0 fully saturated rings. The Labute approximate surface area is 110 Å². The molecule has 0 aliphatic rings. The summed E-state index contributed by atoms with van der Waals surface area (Å²) in [5.41, 5.74) is 0. The van der Waals surface area contributed by atoms with Gasteiger partial charge in [-0.05, 0) is 19.1 Å². The van der Waals surface area contributed by atoms with Crippen LogP contribution in [0.3, 0.4) is 0 Å². The third-order valence-corrected chi connectivity index (χ3v) is 2.30. The van der Waals surface area contributed by atoms with Gasteiger partial charge in [0.15, 0.2) is 11.6 Å². The number of hydrogen-bond donors (Lipinski definition) is 1. The van der Waals surface area contributed by atoms with Crippen LogP contribution in [0.25, 0.3) is 0 Å². The Bertz CT molecular complexity index is 525. The van der Waals surface area contributed by atoms with Gasteiger partial charge in [-0.3, -0.25) is 9.89 Å². The summed E-state index contributed by atoms with van der Waals surface area (Å²) in [5.74, 6) is 1.40. The van der Waals surface area contributed by atoms with Gasteiger partial charge in [-0.15, -0.1) is 0 Å². The summed E-state index contributed by atoms with van der Waals surface area (Å²) in [6, 6.07) is 9.41. The van der Waals surface area contributed by atoms with E-state index in [9.17, 15) is 4.79 Å². The lowest BCUT2D eigenvalue weighted by molar-refractivity contribution is -0.142. The van der Waals surface area contributed by atoms with Crippen molar-refractivity contribution in [3.05, 3.63) is 42.0 Å². The predicted molar refractivity (Wildman–Crippen MR) is 67.5 cm³/mol. The summed E-state index contributed by atoms with van der Waals surface area (Å²) in [5, 5.41) is 6.66. The van der Waals surface area contributed by atoms with E-state index in [4.69, 9.17) is 9.47 Å². The molecule has 100 valence electrons. The Balaban J connectivity index is 1.85. The summed E-state index contributed by atoms with van der Waals surface area (Å²) in [7, 11) is 0. The molecule has 1 aromatic carbocycles. The van der Waals surface area contributed by atoms with Crippen LogP contribution in [0.4, 0.5) is 0 Å². The Morgan fingerprint density at radius 3 is 2.84 bits per heavy atom. The van der Waals surface area contributed by atoms with Gasteiger partial charge in [0.05, 0.1) is 6.61 Å². The van der Waals surface area contributed by atoms with Gasteiger partial charge >= 0.3 is 5.97 Å². The molecule has 0 bridgehead atoms. The molecule has 0 saturated carbocycles. The second-order valence-corrected chi connectivity index (χ2v) is 3.78. The fourth-order valence-corrected chi connectivity index (χ4v) is 1.49. The standard InChI is InChI=1S/C13H15N3O3/c1-2-18-13(17)8-11-14-12(16-15-11)9-19-10-6-4-3-5-7-10/h3-7H,2,8-9H2,1H3,(H,14,15,16). The SMILES string of the molecule is CCOC(=O)Cc1n[nH]c(COc2ccccc2)n1. The van der Waals surface area contributed by atoms with Crippen LogP contribution >= 0.6 is 0 Å². The highest BCUT2D eigenvalue weighted by atomic mass is 16.5. The first-order valence-electron chi connectivity index (χ1n) is 6.01. The number of para-hydroxylation sites is 1. The summed E-state index contributed by atoms with van der Waals surface area (Å²) < 4.78 is 10.3. The van der Waals surface area contributed by atoms with Crippen molar-refractivity contribution in [2.45, 2.75) is 20.0 Å². The second-order valence-electron chi connectivity index (χ2n) is 3.78. The molecule has 0 amide bonds. The normalized spacial score (nSPS) is 10.2. The van der Waals surface area contributed by atoms with Gasteiger partial charge in [0, 0.05) is 0 Å². The summed E-state index contributed by atoms with van der Waals surface area (Å²) in [6.45, 7) is 2.39. The van der Waals surface area contributed by atoms with Crippen LogP contribution in [0.5, 0.6) is 5.75 Å². The maximum absolute atomic E-state index is 11.3. The van der Waals surface area contributed by atoms with Gasteiger partial charge in [-0.25, -0.2) is 4.98 Å². The van der Waals surface area contributed by atoms with Crippen molar-refractivity contribution in [1.82, 2.24) is 15.2 Å². The molecule has 0 saturated heterocycles. The predicted octanol–water partition coefficient (Wildman–Crippen LogP) is 1.49. The van der Waals surface area contributed by atoms with E-state index in [2.05, 4.69) is 15.2 Å². The van der Waals surface area contributed by atoms with Crippen molar-refractivity contribution in [3.63, 3.8) is 0 Å². The van der Waals surface area contributed by atoms with Gasteiger partial charge < -0.3 is 9.47 Å². The van der Waals surface area contributed by atoms with E-state index in [0.29, 0.717) is 18.3 Å². The highest BCUT2D eigenvalue weighted by Gasteiger charge is 2.09. The van der Waals surface area contributed by atoms with Crippen LogP contribution in [-0.4, -0.2) is 27.8 Å². The van der Waals surface area contributed by atoms with Gasteiger partial charge in [0.1, 0.15) is 18.8 Å². The van der Waals surface area contributed by atoms with E-state index < -0.39 is 0 Å². The molecule has 1 heterocycles. The van der Waals surface area contributed by atoms with E-state index in [1.165, 1.54) is 0 Å². The molecular formula is C13H15N3O3. The van der Waals surface area contributed by atoms with Crippen LogP contribution in [0.2, 0.25) is 0 Å². The minimum Gasteiger partial charge on any atom is -0.486 e. The maximum Gasteiger partial charge on any atom is 0.313 e. The van der Waals surface area contributed by atoms with Crippen LogP contribution in [-0.2, 0) is 22.6 Å². The number of aromatic amines is 1. The molecule has 1 N–H and O–H groups in total. The fraction of sp³-hybridized carbons (Fsp3) is 0.308. The number of ether oxygens (including phenoxy) is 2. The quantitative estimate of drug-likeness (QED) is 0.797. The Morgan fingerprint density at radius 2 is 2.11 bits per heavy atom. The van der Waals surface area contributed by atoms with Crippen molar-refractivity contribution >= 4 is 5.97 Å². The van der Waals surface area contributed by atoms with E-state index >= 15 is 0 Å². The summed E-state index contributed by atoms with van der Waals surface area (Å²) in [4.78, 5) is 15.4. The van der Waals surface area contributed by atoms with Crippen molar-refractivity contribution in [3.8, 4) is 5.75 Å². The van der Waals surface area contributed by atoms with Crippen molar-refractivity contribution < 1.29 is 14.3 Å².